The van der Waals surface area contributed by atoms with Crippen LogP contribution in [0.4, 0.5) is 0 Å². The lowest BCUT2D eigenvalue weighted by Gasteiger charge is -2.15. The molecular formula is C18H24N2O4S2. The molecule has 1 heterocycles. The van der Waals surface area contributed by atoms with Crippen LogP contribution in [0.1, 0.15) is 34.7 Å². The van der Waals surface area contributed by atoms with Crippen LogP contribution in [-0.4, -0.2) is 51.0 Å². The van der Waals surface area contributed by atoms with Gasteiger partial charge in [0.2, 0.25) is 10.0 Å². The number of hydrogen-bond donors (Lipinski definition) is 2. The first-order valence-electron chi connectivity index (χ1n) is 8.30. The van der Waals surface area contributed by atoms with E-state index in [-0.39, 0.29) is 23.3 Å². The van der Waals surface area contributed by atoms with Crippen LogP contribution < -0.4 is 5.32 Å². The van der Waals surface area contributed by atoms with Gasteiger partial charge in [-0.2, -0.15) is 11.3 Å². The molecule has 1 unspecified atom stereocenters. The van der Waals surface area contributed by atoms with Crippen molar-refractivity contribution in [3.8, 4) is 0 Å². The lowest BCUT2D eigenvalue weighted by Crippen LogP contribution is -2.26. The molecule has 8 heteroatoms. The van der Waals surface area contributed by atoms with E-state index in [4.69, 9.17) is 0 Å². The summed E-state index contributed by atoms with van der Waals surface area (Å²) in [5.41, 5.74) is 1.59. The topological polar surface area (TPSA) is 86.7 Å². The summed E-state index contributed by atoms with van der Waals surface area (Å²) in [4.78, 5) is 12.4. The molecule has 0 radical (unpaired) electrons. The zero-order valence-corrected chi connectivity index (χ0v) is 16.5. The Bertz CT molecular complexity index is 800. The summed E-state index contributed by atoms with van der Waals surface area (Å²) < 4.78 is 25.2. The van der Waals surface area contributed by atoms with Crippen LogP contribution in [0.5, 0.6) is 0 Å². The van der Waals surface area contributed by atoms with Crippen LogP contribution in [0.25, 0.3) is 0 Å². The fourth-order valence-corrected chi connectivity index (χ4v) is 4.24. The fourth-order valence-electron chi connectivity index (χ4n) is 2.59. The van der Waals surface area contributed by atoms with E-state index >= 15 is 0 Å². The summed E-state index contributed by atoms with van der Waals surface area (Å²) in [5, 5.41) is 16.1. The highest BCUT2D eigenvalue weighted by Gasteiger charge is 2.18. The van der Waals surface area contributed by atoms with Crippen molar-refractivity contribution in [3.05, 3.63) is 52.2 Å². The summed E-state index contributed by atoms with van der Waals surface area (Å²) in [7, 11) is -0.571. The molecule has 0 bridgehead atoms. The minimum absolute atomic E-state index is 0.107. The van der Waals surface area contributed by atoms with Crippen molar-refractivity contribution in [1.82, 2.24) is 9.62 Å². The highest BCUT2D eigenvalue weighted by atomic mass is 32.2. The number of rotatable bonds is 9. The van der Waals surface area contributed by atoms with Crippen LogP contribution in [0.3, 0.4) is 0 Å². The molecule has 0 aliphatic rings. The number of thiophene rings is 1. The summed E-state index contributed by atoms with van der Waals surface area (Å²) in [6.07, 6.45) is 1.39. The number of carbonyl (C=O) groups excluding carboxylic acids is 1. The first-order valence-corrected chi connectivity index (χ1v) is 10.7. The van der Waals surface area contributed by atoms with Gasteiger partial charge in [-0.05, 0) is 65.4 Å². The van der Waals surface area contributed by atoms with E-state index in [0.717, 1.165) is 10.7 Å². The number of aliphatic hydroxyl groups excluding tert-OH is 1. The van der Waals surface area contributed by atoms with Crippen molar-refractivity contribution in [1.29, 1.82) is 0 Å². The van der Waals surface area contributed by atoms with Gasteiger partial charge in [0, 0.05) is 32.8 Å². The molecule has 2 N–H and O–H groups in total. The molecule has 0 aliphatic carbocycles. The number of hydrogen-bond acceptors (Lipinski definition) is 5. The molecule has 6 nitrogen and oxygen atoms in total. The van der Waals surface area contributed by atoms with E-state index < -0.39 is 10.0 Å². The highest BCUT2D eigenvalue weighted by molar-refractivity contribution is 7.89. The van der Waals surface area contributed by atoms with E-state index in [1.165, 1.54) is 43.9 Å². The predicted molar refractivity (Wildman–Crippen MR) is 103 cm³/mol. The molecular weight excluding hydrogens is 372 g/mol. The van der Waals surface area contributed by atoms with Crippen LogP contribution >= 0.6 is 11.3 Å². The Morgan fingerprint density at radius 1 is 1.19 bits per heavy atom. The van der Waals surface area contributed by atoms with Crippen LogP contribution in [0.2, 0.25) is 0 Å². The average molecular weight is 397 g/mol. The second kappa shape index (κ2) is 9.27. The lowest BCUT2D eigenvalue weighted by atomic mass is 9.95. The summed E-state index contributed by atoms with van der Waals surface area (Å²) in [6.45, 7) is 0.591. The number of nitrogens with zero attached hydrogens (tertiary/aromatic N) is 1. The Hall–Kier alpha value is -1.74. The maximum Gasteiger partial charge on any atom is 0.251 e. The SMILES string of the molecule is CN(C)S(=O)(=O)c1ccc(C(=O)NCCC(CCO)c2ccsc2)cc1. The van der Waals surface area contributed by atoms with Crippen molar-refractivity contribution >= 4 is 27.3 Å². The van der Waals surface area contributed by atoms with Gasteiger partial charge in [-0.25, -0.2) is 12.7 Å². The minimum atomic E-state index is -3.50. The Labute approximate surface area is 158 Å². The van der Waals surface area contributed by atoms with Gasteiger partial charge < -0.3 is 10.4 Å². The van der Waals surface area contributed by atoms with Crippen LogP contribution in [0.15, 0.2) is 46.0 Å². The number of sulfonamides is 1. The number of nitrogens with one attached hydrogen (secondary N) is 1. The van der Waals surface area contributed by atoms with Crippen molar-refractivity contribution in [2.75, 3.05) is 27.2 Å². The van der Waals surface area contributed by atoms with Gasteiger partial charge in [-0.15, -0.1) is 0 Å². The zero-order chi connectivity index (χ0) is 19.2. The van der Waals surface area contributed by atoms with Gasteiger partial charge in [0.15, 0.2) is 0 Å². The summed E-state index contributed by atoms with van der Waals surface area (Å²) >= 11 is 1.61. The Morgan fingerprint density at radius 3 is 2.42 bits per heavy atom. The summed E-state index contributed by atoms with van der Waals surface area (Å²) in [6, 6.07) is 7.93. The van der Waals surface area contributed by atoms with Crippen molar-refractivity contribution in [2.24, 2.45) is 0 Å². The molecule has 0 saturated carbocycles. The fraction of sp³-hybridized carbons (Fsp3) is 0.389. The maximum absolute atomic E-state index is 12.2. The third-order valence-electron chi connectivity index (χ3n) is 4.17. The number of benzene rings is 1. The molecule has 142 valence electrons. The molecule has 0 fully saturated rings. The van der Waals surface area contributed by atoms with E-state index in [1.54, 1.807) is 11.3 Å². The molecule has 1 aromatic carbocycles. The molecule has 0 spiro atoms. The van der Waals surface area contributed by atoms with Gasteiger partial charge in [-0.3, -0.25) is 4.79 Å². The van der Waals surface area contributed by atoms with Crippen LogP contribution in [0, 0.1) is 0 Å². The van der Waals surface area contributed by atoms with E-state index in [9.17, 15) is 18.3 Å². The van der Waals surface area contributed by atoms with E-state index in [0.29, 0.717) is 18.5 Å². The molecule has 0 aliphatic heterocycles. The largest absolute Gasteiger partial charge is 0.396 e. The zero-order valence-electron chi connectivity index (χ0n) is 14.9. The lowest BCUT2D eigenvalue weighted by molar-refractivity contribution is 0.0952. The maximum atomic E-state index is 12.2. The molecule has 26 heavy (non-hydrogen) atoms. The van der Waals surface area contributed by atoms with Crippen molar-refractivity contribution < 1.29 is 18.3 Å². The molecule has 2 aromatic rings. The second-order valence-corrected chi connectivity index (χ2v) is 9.05. The molecule has 1 atom stereocenters. The van der Waals surface area contributed by atoms with Crippen LogP contribution in [-0.2, 0) is 10.0 Å². The third-order valence-corrected chi connectivity index (χ3v) is 6.70. The van der Waals surface area contributed by atoms with Crippen molar-refractivity contribution in [3.63, 3.8) is 0 Å². The first-order chi connectivity index (χ1) is 12.4. The van der Waals surface area contributed by atoms with Gasteiger partial charge in [0.25, 0.3) is 5.91 Å². The normalized spacial score (nSPS) is 12.9. The second-order valence-electron chi connectivity index (χ2n) is 6.12. The standard InChI is InChI=1S/C18H24N2O4S2/c1-20(2)26(23,24)17-5-3-15(4-6-17)18(22)19-10-7-14(8-11-21)16-9-12-25-13-16/h3-6,9,12-14,21H,7-8,10-11H2,1-2H3,(H,19,22). The average Bonchev–Trinajstić information content (AvgIpc) is 3.15. The number of carbonyl (C=O) groups is 1. The van der Waals surface area contributed by atoms with Gasteiger partial charge >= 0.3 is 0 Å². The molecule has 1 amide bonds. The highest BCUT2D eigenvalue weighted by Crippen LogP contribution is 2.24. The van der Waals surface area contributed by atoms with Crippen molar-refractivity contribution in [2.45, 2.75) is 23.7 Å². The van der Waals surface area contributed by atoms with Gasteiger partial charge in [0.05, 0.1) is 4.90 Å². The van der Waals surface area contributed by atoms with Gasteiger partial charge in [0.1, 0.15) is 0 Å². The first kappa shape index (κ1) is 20.6. The smallest absolute Gasteiger partial charge is 0.251 e. The quantitative estimate of drug-likeness (QED) is 0.681. The molecule has 0 saturated heterocycles. The number of amides is 1. The van der Waals surface area contributed by atoms with E-state index in [2.05, 4.69) is 10.7 Å². The number of aliphatic hydroxyl groups is 1. The monoisotopic (exact) mass is 396 g/mol. The summed E-state index contributed by atoms with van der Waals surface area (Å²) in [5.74, 6) is -0.0361. The Kier molecular flexibility index (Phi) is 7.33. The molecule has 2 rings (SSSR count). The molecule has 1 aromatic heterocycles. The van der Waals surface area contributed by atoms with E-state index in [1.807, 2.05) is 11.4 Å². The predicted octanol–water partition coefficient (Wildman–Crippen LogP) is 2.28. The Balaban J connectivity index is 1.93. The van der Waals surface area contributed by atoms with Gasteiger partial charge in [-0.1, -0.05) is 0 Å². The minimum Gasteiger partial charge on any atom is -0.396 e. The third kappa shape index (κ3) is 5.14. The Morgan fingerprint density at radius 2 is 1.88 bits per heavy atom.